The average Bonchev–Trinajstić information content (AvgIpc) is 2.38. The van der Waals surface area contributed by atoms with E-state index in [9.17, 15) is 13.6 Å². The average molecular weight is 269 g/mol. The monoisotopic (exact) mass is 269 g/mol. The minimum atomic E-state index is -2.64. The number of hydrogen-bond acceptors (Lipinski definition) is 2. The summed E-state index contributed by atoms with van der Waals surface area (Å²) >= 11 is 0. The number of amides is 1. The van der Waals surface area contributed by atoms with Crippen molar-refractivity contribution in [3.05, 3.63) is 29.3 Å². The summed E-state index contributed by atoms with van der Waals surface area (Å²) in [7, 11) is 1.54. The molecule has 0 bridgehead atoms. The van der Waals surface area contributed by atoms with Crippen molar-refractivity contribution in [2.24, 2.45) is 0 Å². The van der Waals surface area contributed by atoms with Gasteiger partial charge in [-0.2, -0.15) is 0 Å². The van der Waals surface area contributed by atoms with E-state index in [2.05, 4.69) is 0 Å². The van der Waals surface area contributed by atoms with Gasteiger partial charge in [0, 0.05) is 31.5 Å². The van der Waals surface area contributed by atoms with Crippen LogP contribution in [0.15, 0.2) is 18.2 Å². The fourth-order valence-electron chi connectivity index (χ4n) is 2.17. The van der Waals surface area contributed by atoms with Gasteiger partial charge in [0.1, 0.15) is 5.75 Å². The first-order chi connectivity index (χ1) is 8.93. The summed E-state index contributed by atoms with van der Waals surface area (Å²) in [6.07, 6.45) is -0.524. The lowest BCUT2D eigenvalue weighted by Gasteiger charge is -2.31. The highest BCUT2D eigenvalue weighted by Crippen LogP contribution is 2.29. The first-order valence-corrected chi connectivity index (χ1v) is 6.25. The van der Waals surface area contributed by atoms with Gasteiger partial charge in [-0.3, -0.25) is 4.79 Å². The van der Waals surface area contributed by atoms with Crippen LogP contribution in [0.4, 0.5) is 8.78 Å². The SMILES string of the molecule is COc1cc(C(=O)N2CCC(F)(F)CC2)ccc1C. The highest BCUT2D eigenvalue weighted by molar-refractivity contribution is 5.94. The molecule has 1 heterocycles. The van der Waals surface area contributed by atoms with Crippen molar-refractivity contribution < 1.29 is 18.3 Å². The molecule has 2 rings (SSSR count). The van der Waals surface area contributed by atoms with E-state index in [1.807, 2.05) is 6.92 Å². The van der Waals surface area contributed by atoms with E-state index in [1.165, 1.54) is 12.0 Å². The lowest BCUT2D eigenvalue weighted by atomic mass is 10.0. The van der Waals surface area contributed by atoms with Crippen molar-refractivity contribution in [2.45, 2.75) is 25.7 Å². The van der Waals surface area contributed by atoms with E-state index < -0.39 is 5.92 Å². The fraction of sp³-hybridized carbons (Fsp3) is 0.500. The van der Waals surface area contributed by atoms with Gasteiger partial charge in [0.15, 0.2) is 0 Å². The Morgan fingerprint density at radius 3 is 2.53 bits per heavy atom. The van der Waals surface area contributed by atoms with Gasteiger partial charge in [0.05, 0.1) is 7.11 Å². The molecule has 104 valence electrons. The molecular formula is C14H17F2NO2. The van der Waals surface area contributed by atoms with Gasteiger partial charge in [-0.15, -0.1) is 0 Å². The van der Waals surface area contributed by atoms with Crippen LogP contribution in [0, 0.1) is 6.92 Å². The summed E-state index contributed by atoms with van der Waals surface area (Å²) in [4.78, 5) is 13.7. The number of piperidine rings is 1. The Hall–Kier alpha value is -1.65. The molecule has 0 atom stereocenters. The number of rotatable bonds is 2. The zero-order valence-electron chi connectivity index (χ0n) is 11.1. The van der Waals surface area contributed by atoms with Crippen LogP contribution in [0.2, 0.25) is 0 Å². The molecule has 1 aliphatic rings. The first-order valence-electron chi connectivity index (χ1n) is 6.25. The van der Waals surface area contributed by atoms with E-state index >= 15 is 0 Å². The first kappa shape index (κ1) is 13.8. The fourth-order valence-corrected chi connectivity index (χ4v) is 2.17. The number of hydrogen-bond donors (Lipinski definition) is 0. The second-order valence-electron chi connectivity index (χ2n) is 4.83. The van der Waals surface area contributed by atoms with Gasteiger partial charge < -0.3 is 9.64 Å². The number of aryl methyl sites for hydroxylation is 1. The highest BCUT2D eigenvalue weighted by Gasteiger charge is 2.35. The number of benzene rings is 1. The molecule has 0 aromatic heterocycles. The summed E-state index contributed by atoms with van der Waals surface area (Å²) in [6.45, 7) is 2.08. The molecule has 0 radical (unpaired) electrons. The number of halogens is 2. The Morgan fingerprint density at radius 1 is 1.32 bits per heavy atom. The summed E-state index contributed by atoms with van der Waals surface area (Å²) in [6, 6.07) is 5.15. The zero-order valence-corrected chi connectivity index (χ0v) is 11.1. The normalized spacial score (nSPS) is 18.2. The van der Waals surface area contributed by atoms with Crippen molar-refractivity contribution in [1.29, 1.82) is 0 Å². The topological polar surface area (TPSA) is 29.5 Å². The van der Waals surface area contributed by atoms with Crippen LogP contribution < -0.4 is 4.74 Å². The number of nitrogens with zero attached hydrogens (tertiary/aromatic N) is 1. The minimum absolute atomic E-state index is 0.0992. The van der Waals surface area contributed by atoms with Crippen molar-refractivity contribution >= 4 is 5.91 Å². The molecule has 5 heteroatoms. The number of methoxy groups -OCH3 is 1. The Balaban J connectivity index is 2.12. The van der Waals surface area contributed by atoms with Crippen molar-refractivity contribution in [1.82, 2.24) is 4.90 Å². The number of alkyl halides is 2. The lowest BCUT2D eigenvalue weighted by molar-refractivity contribution is -0.0494. The van der Waals surface area contributed by atoms with Crippen LogP contribution >= 0.6 is 0 Å². The maximum absolute atomic E-state index is 13.1. The molecule has 1 amide bonds. The maximum atomic E-state index is 13.1. The third-order valence-corrected chi connectivity index (χ3v) is 3.44. The molecule has 1 aromatic rings. The Bertz CT molecular complexity index is 478. The second kappa shape index (κ2) is 5.15. The molecule has 0 aliphatic carbocycles. The second-order valence-corrected chi connectivity index (χ2v) is 4.83. The van der Waals surface area contributed by atoms with E-state index in [4.69, 9.17) is 4.74 Å². The van der Waals surface area contributed by atoms with Crippen LogP contribution in [0.5, 0.6) is 5.75 Å². The molecule has 1 saturated heterocycles. The molecule has 1 aromatic carbocycles. The van der Waals surface area contributed by atoms with E-state index in [1.54, 1.807) is 18.2 Å². The maximum Gasteiger partial charge on any atom is 0.253 e. The standard InChI is InChI=1S/C14H17F2NO2/c1-10-3-4-11(9-12(10)19-2)13(18)17-7-5-14(15,16)6-8-17/h3-4,9H,5-8H2,1-2H3. The van der Waals surface area contributed by atoms with Crippen LogP contribution in [0.25, 0.3) is 0 Å². The Labute approximate surface area is 111 Å². The molecule has 1 fully saturated rings. The van der Waals surface area contributed by atoms with Crippen LogP contribution in [0.3, 0.4) is 0 Å². The number of carbonyl (C=O) groups is 1. The third kappa shape index (κ3) is 3.03. The van der Waals surface area contributed by atoms with E-state index in [0.29, 0.717) is 11.3 Å². The molecule has 0 saturated carbocycles. The van der Waals surface area contributed by atoms with Crippen molar-refractivity contribution in [3.8, 4) is 5.75 Å². The Morgan fingerprint density at radius 2 is 1.95 bits per heavy atom. The van der Waals surface area contributed by atoms with Gasteiger partial charge in [0.2, 0.25) is 0 Å². The summed E-state index contributed by atoms with van der Waals surface area (Å²) < 4.78 is 31.3. The van der Waals surface area contributed by atoms with Crippen LogP contribution in [0.1, 0.15) is 28.8 Å². The lowest BCUT2D eigenvalue weighted by Crippen LogP contribution is -2.42. The molecule has 0 spiro atoms. The highest BCUT2D eigenvalue weighted by atomic mass is 19.3. The number of likely N-dealkylation sites (tertiary alicyclic amines) is 1. The van der Waals surface area contributed by atoms with Crippen LogP contribution in [-0.2, 0) is 0 Å². The van der Waals surface area contributed by atoms with Gasteiger partial charge in [-0.25, -0.2) is 8.78 Å². The predicted octanol–water partition coefficient (Wildman–Crippen LogP) is 2.87. The van der Waals surface area contributed by atoms with E-state index in [-0.39, 0.29) is 31.8 Å². The predicted molar refractivity (Wildman–Crippen MR) is 67.8 cm³/mol. The molecule has 0 N–H and O–H groups in total. The number of carbonyl (C=O) groups excluding carboxylic acids is 1. The minimum Gasteiger partial charge on any atom is -0.496 e. The zero-order chi connectivity index (χ0) is 14.0. The van der Waals surface area contributed by atoms with Crippen LogP contribution in [-0.4, -0.2) is 36.9 Å². The van der Waals surface area contributed by atoms with Gasteiger partial charge >= 0.3 is 0 Å². The smallest absolute Gasteiger partial charge is 0.253 e. The summed E-state index contributed by atoms with van der Waals surface area (Å²) in [5.41, 5.74) is 1.41. The molecule has 0 unspecified atom stereocenters. The Kier molecular flexibility index (Phi) is 3.73. The number of ether oxygens (including phenoxy) is 1. The summed E-state index contributed by atoms with van der Waals surface area (Å²) in [5.74, 6) is -2.22. The molecular weight excluding hydrogens is 252 g/mol. The molecule has 3 nitrogen and oxygen atoms in total. The molecule has 1 aliphatic heterocycles. The van der Waals surface area contributed by atoms with Crippen molar-refractivity contribution in [3.63, 3.8) is 0 Å². The molecule has 19 heavy (non-hydrogen) atoms. The van der Waals surface area contributed by atoms with E-state index in [0.717, 1.165) is 5.56 Å². The van der Waals surface area contributed by atoms with Gasteiger partial charge in [-0.1, -0.05) is 6.07 Å². The van der Waals surface area contributed by atoms with Gasteiger partial charge in [-0.05, 0) is 24.6 Å². The third-order valence-electron chi connectivity index (χ3n) is 3.44. The van der Waals surface area contributed by atoms with Gasteiger partial charge in [0.25, 0.3) is 11.8 Å². The summed E-state index contributed by atoms with van der Waals surface area (Å²) in [5, 5.41) is 0. The largest absolute Gasteiger partial charge is 0.496 e. The van der Waals surface area contributed by atoms with Crippen molar-refractivity contribution in [2.75, 3.05) is 20.2 Å². The quantitative estimate of drug-likeness (QED) is 0.826.